The summed E-state index contributed by atoms with van der Waals surface area (Å²) in [6.45, 7) is 1.53. The van der Waals surface area contributed by atoms with Crippen LogP contribution < -0.4 is 26.0 Å². The van der Waals surface area contributed by atoms with Crippen LogP contribution in [0.1, 0.15) is 16.7 Å². The number of aryl methyl sites for hydroxylation is 2. The lowest BCUT2D eigenvalue weighted by atomic mass is 10.2. The number of methoxy groups -OCH3 is 1. The Labute approximate surface area is 298 Å². The van der Waals surface area contributed by atoms with Crippen LogP contribution >= 0.6 is 35.0 Å². The Kier molecular flexibility index (Phi) is 9.60. The van der Waals surface area contributed by atoms with Gasteiger partial charge in [-0.3, -0.25) is 37.8 Å². The molecule has 0 bridgehead atoms. The van der Waals surface area contributed by atoms with Gasteiger partial charge in [0.2, 0.25) is 5.91 Å². The number of nitrogens with zero attached hydrogens (tertiary/aromatic N) is 5. The maximum atomic E-state index is 13.3. The summed E-state index contributed by atoms with van der Waals surface area (Å²) in [5, 5.41) is 2.90. The SMILES string of the molecule is COc1cc(/C=C2\SC(=O)N(CC(=O)Nc3ccc(C)cc3)C2=O)ccc1Oc1nc2c(c(=O)n(C)c(=O)n2C)n1Cc1ccc(Cl)cc1Cl. The summed E-state index contributed by atoms with van der Waals surface area (Å²) in [5.74, 6) is -0.686. The summed E-state index contributed by atoms with van der Waals surface area (Å²) in [5.41, 5.74) is 1.73. The highest BCUT2D eigenvalue weighted by Crippen LogP contribution is 2.37. The molecule has 0 aliphatic carbocycles. The van der Waals surface area contributed by atoms with E-state index < -0.39 is 34.8 Å². The number of benzene rings is 3. The van der Waals surface area contributed by atoms with Gasteiger partial charge in [0.1, 0.15) is 6.54 Å². The van der Waals surface area contributed by atoms with Gasteiger partial charge in [0.25, 0.3) is 16.7 Å². The van der Waals surface area contributed by atoms with E-state index in [4.69, 9.17) is 32.7 Å². The molecule has 5 aromatic rings. The molecule has 1 aliphatic rings. The third-order valence-electron chi connectivity index (χ3n) is 7.85. The number of amides is 3. The topological polar surface area (TPSA) is 147 Å². The minimum atomic E-state index is -0.611. The van der Waals surface area contributed by atoms with Crippen LogP contribution in [0.5, 0.6) is 17.5 Å². The number of imide groups is 1. The number of nitrogens with one attached hydrogen (secondary N) is 1. The molecule has 2 aromatic heterocycles. The van der Waals surface area contributed by atoms with E-state index in [0.717, 1.165) is 15.0 Å². The molecule has 0 atom stereocenters. The van der Waals surface area contributed by atoms with Crippen LogP contribution in [0.15, 0.2) is 75.2 Å². The van der Waals surface area contributed by atoms with Crippen molar-refractivity contribution < 1.29 is 23.9 Å². The fourth-order valence-corrected chi connectivity index (χ4v) is 6.50. The average Bonchev–Trinajstić information content (AvgIpc) is 3.57. The van der Waals surface area contributed by atoms with Crippen LogP contribution in [0.3, 0.4) is 0 Å². The smallest absolute Gasteiger partial charge is 0.332 e. The molecule has 0 unspecified atom stereocenters. The lowest BCUT2D eigenvalue weighted by Gasteiger charge is -2.14. The molecule has 256 valence electrons. The first kappa shape index (κ1) is 34.5. The molecule has 0 saturated carbocycles. The Hall–Kier alpha value is -5.31. The molecular weight excluding hydrogens is 707 g/mol. The number of ether oxygens (including phenoxy) is 2. The van der Waals surface area contributed by atoms with Crippen LogP contribution in [-0.4, -0.2) is 54.3 Å². The van der Waals surface area contributed by atoms with E-state index in [2.05, 4.69) is 10.3 Å². The molecule has 1 saturated heterocycles. The van der Waals surface area contributed by atoms with Gasteiger partial charge in [-0.15, -0.1) is 0 Å². The van der Waals surface area contributed by atoms with Crippen molar-refractivity contribution in [3.63, 3.8) is 0 Å². The van der Waals surface area contributed by atoms with Gasteiger partial charge in [-0.05, 0) is 72.3 Å². The Morgan fingerprint density at radius 2 is 1.70 bits per heavy atom. The molecule has 3 amide bonds. The summed E-state index contributed by atoms with van der Waals surface area (Å²) >= 11 is 13.3. The van der Waals surface area contributed by atoms with Gasteiger partial charge in [-0.1, -0.05) is 53.0 Å². The number of halogens is 2. The molecule has 3 heterocycles. The Balaban J connectivity index is 1.29. The maximum absolute atomic E-state index is 13.3. The highest BCUT2D eigenvalue weighted by molar-refractivity contribution is 8.18. The molecule has 1 aliphatic heterocycles. The van der Waals surface area contributed by atoms with Gasteiger partial charge in [-0.25, -0.2) is 4.79 Å². The third kappa shape index (κ3) is 6.77. The molecule has 1 fully saturated rings. The lowest BCUT2D eigenvalue weighted by molar-refractivity contribution is -0.127. The van der Waals surface area contributed by atoms with E-state index in [0.29, 0.717) is 38.6 Å². The zero-order valence-electron chi connectivity index (χ0n) is 27.0. The molecule has 3 aromatic carbocycles. The quantitative estimate of drug-likeness (QED) is 0.192. The van der Waals surface area contributed by atoms with E-state index in [9.17, 15) is 24.0 Å². The molecule has 16 heteroatoms. The van der Waals surface area contributed by atoms with Gasteiger partial charge in [0.15, 0.2) is 22.7 Å². The Bertz CT molecular complexity index is 2370. The van der Waals surface area contributed by atoms with Crippen molar-refractivity contribution in [2.24, 2.45) is 14.1 Å². The Morgan fingerprint density at radius 1 is 0.960 bits per heavy atom. The van der Waals surface area contributed by atoms with Crippen LogP contribution in [0.2, 0.25) is 10.0 Å². The summed E-state index contributed by atoms with van der Waals surface area (Å²) in [4.78, 5) is 70.0. The van der Waals surface area contributed by atoms with Crippen LogP contribution in [0.4, 0.5) is 10.5 Å². The highest BCUT2D eigenvalue weighted by Gasteiger charge is 2.36. The first-order valence-electron chi connectivity index (χ1n) is 14.9. The number of aromatic nitrogens is 4. The second-order valence-electron chi connectivity index (χ2n) is 11.3. The van der Waals surface area contributed by atoms with E-state index in [-0.39, 0.29) is 40.1 Å². The van der Waals surface area contributed by atoms with Crippen LogP contribution in [-0.2, 0) is 30.2 Å². The van der Waals surface area contributed by atoms with Crippen molar-refractivity contribution in [3.8, 4) is 17.5 Å². The monoisotopic (exact) mass is 734 g/mol. The zero-order chi connectivity index (χ0) is 35.9. The molecular formula is C34H28Cl2N6O7S. The largest absolute Gasteiger partial charge is 0.493 e. The predicted molar refractivity (Wildman–Crippen MR) is 191 cm³/mol. The van der Waals surface area contributed by atoms with Crippen molar-refractivity contribution >= 4 is 74.9 Å². The summed E-state index contributed by atoms with van der Waals surface area (Å²) < 4.78 is 15.5. The minimum absolute atomic E-state index is 0.0274. The van der Waals surface area contributed by atoms with Crippen LogP contribution in [0, 0.1) is 6.92 Å². The number of anilines is 1. The van der Waals surface area contributed by atoms with Gasteiger partial charge in [0, 0.05) is 29.8 Å². The number of carbonyl (C=O) groups is 3. The normalized spacial score (nSPS) is 13.8. The maximum Gasteiger partial charge on any atom is 0.332 e. The van der Waals surface area contributed by atoms with Crippen molar-refractivity contribution in [3.05, 3.63) is 113 Å². The summed E-state index contributed by atoms with van der Waals surface area (Å²) in [6.07, 6.45) is 1.51. The van der Waals surface area contributed by atoms with E-state index in [1.807, 2.05) is 19.1 Å². The number of hydrogen-bond acceptors (Lipinski definition) is 9. The average molecular weight is 736 g/mol. The minimum Gasteiger partial charge on any atom is -0.493 e. The van der Waals surface area contributed by atoms with Crippen molar-refractivity contribution in [1.29, 1.82) is 0 Å². The second kappa shape index (κ2) is 13.9. The molecule has 0 spiro atoms. The molecule has 1 N–H and O–H groups in total. The zero-order valence-corrected chi connectivity index (χ0v) is 29.4. The summed E-state index contributed by atoms with van der Waals surface area (Å²) in [6, 6.07) is 16.8. The number of thioether (sulfide) groups is 1. The molecule has 13 nitrogen and oxygen atoms in total. The second-order valence-corrected chi connectivity index (χ2v) is 13.1. The predicted octanol–water partition coefficient (Wildman–Crippen LogP) is 5.57. The van der Waals surface area contributed by atoms with E-state index in [1.54, 1.807) is 48.5 Å². The number of hydrogen-bond donors (Lipinski definition) is 1. The highest BCUT2D eigenvalue weighted by atomic mass is 35.5. The standard InChI is InChI=1S/C34H28Cl2N6O7S/c1-18-5-10-22(11-6-18)37-27(43)17-42-30(44)26(50-34(42)47)14-19-7-12-24(25(13-19)48-4)49-32-38-29-28(31(45)40(3)33(46)39(29)2)41(32)16-20-8-9-21(35)15-23(20)36/h5-15H,16-17H2,1-4H3,(H,37,43)/b26-14-. The van der Waals surface area contributed by atoms with Crippen molar-refractivity contribution in [1.82, 2.24) is 23.6 Å². The van der Waals surface area contributed by atoms with E-state index >= 15 is 0 Å². The lowest BCUT2D eigenvalue weighted by Crippen LogP contribution is -2.37. The Morgan fingerprint density at radius 3 is 2.40 bits per heavy atom. The number of carbonyl (C=O) groups excluding carboxylic acids is 3. The first-order valence-corrected chi connectivity index (χ1v) is 16.5. The number of rotatable bonds is 9. The molecule has 0 radical (unpaired) electrons. The fourth-order valence-electron chi connectivity index (χ4n) is 5.20. The van der Waals surface area contributed by atoms with Gasteiger partial charge in [0.05, 0.1) is 18.6 Å². The number of fused-ring (bicyclic) bond motifs is 1. The third-order valence-corrected chi connectivity index (χ3v) is 9.35. The molecule has 50 heavy (non-hydrogen) atoms. The fraction of sp³-hybridized carbons (Fsp3) is 0.176. The molecule has 6 rings (SSSR count). The van der Waals surface area contributed by atoms with Crippen molar-refractivity contribution in [2.45, 2.75) is 13.5 Å². The van der Waals surface area contributed by atoms with Crippen molar-refractivity contribution in [2.75, 3.05) is 19.0 Å². The van der Waals surface area contributed by atoms with Gasteiger partial charge in [-0.2, -0.15) is 4.98 Å². The van der Waals surface area contributed by atoms with Crippen LogP contribution in [0.25, 0.3) is 17.2 Å². The van der Waals surface area contributed by atoms with Gasteiger partial charge >= 0.3 is 11.7 Å². The van der Waals surface area contributed by atoms with E-state index in [1.165, 1.54) is 36.4 Å². The summed E-state index contributed by atoms with van der Waals surface area (Å²) in [7, 11) is 4.28. The number of imidazole rings is 1. The van der Waals surface area contributed by atoms with Gasteiger partial charge < -0.3 is 14.8 Å². The first-order chi connectivity index (χ1) is 23.8.